The van der Waals surface area contributed by atoms with Crippen molar-refractivity contribution < 1.29 is 9.47 Å². The molecule has 28 heavy (non-hydrogen) atoms. The lowest BCUT2D eigenvalue weighted by Crippen LogP contribution is -1.97. The largest absolute Gasteiger partial charge is 0.493 e. The molecule has 0 fully saturated rings. The Morgan fingerprint density at radius 1 is 0.964 bits per heavy atom. The monoisotopic (exact) mass is 431 g/mol. The molecule has 0 saturated carbocycles. The summed E-state index contributed by atoms with van der Waals surface area (Å²) in [5.74, 6) is 1.95. The Morgan fingerprint density at radius 2 is 1.71 bits per heavy atom. The van der Waals surface area contributed by atoms with Gasteiger partial charge in [0.25, 0.3) is 0 Å². The van der Waals surface area contributed by atoms with E-state index in [1.54, 1.807) is 32.4 Å². The van der Waals surface area contributed by atoms with E-state index < -0.39 is 0 Å². The first-order valence-corrected chi connectivity index (χ1v) is 9.91. The van der Waals surface area contributed by atoms with Crippen molar-refractivity contribution in [2.24, 2.45) is 0 Å². The zero-order valence-electron chi connectivity index (χ0n) is 15.0. The van der Waals surface area contributed by atoms with Crippen LogP contribution in [0.3, 0.4) is 0 Å². The molecule has 0 aliphatic carbocycles. The summed E-state index contributed by atoms with van der Waals surface area (Å²) in [4.78, 5) is 9.68. The second-order valence-corrected chi connectivity index (χ2v) is 7.52. The Morgan fingerprint density at radius 3 is 2.43 bits per heavy atom. The zero-order valence-corrected chi connectivity index (χ0v) is 17.3. The van der Waals surface area contributed by atoms with Gasteiger partial charge in [0, 0.05) is 10.9 Å². The van der Waals surface area contributed by atoms with Gasteiger partial charge < -0.3 is 14.8 Å². The van der Waals surface area contributed by atoms with Gasteiger partial charge in [-0.2, -0.15) is 0 Å². The number of hydrogen-bond donors (Lipinski definition) is 1. The SMILES string of the molecule is COc1ccc(-c2csc3ncnc(Nc4c(Cl)cccc4Cl)c23)cc1OC. The lowest BCUT2D eigenvalue weighted by Gasteiger charge is -2.12. The molecular weight excluding hydrogens is 417 g/mol. The Kier molecular flexibility index (Phi) is 5.26. The maximum absolute atomic E-state index is 6.32. The minimum atomic E-state index is 0.516. The molecule has 0 aliphatic heterocycles. The topological polar surface area (TPSA) is 56.3 Å². The molecule has 0 spiro atoms. The van der Waals surface area contributed by atoms with Crippen molar-refractivity contribution in [1.29, 1.82) is 0 Å². The summed E-state index contributed by atoms with van der Waals surface area (Å²) in [7, 11) is 3.23. The van der Waals surface area contributed by atoms with Crippen molar-refractivity contribution in [1.82, 2.24) is 9.97 Å². The van der Waals surface area contributed by atoms with Gasteiger partial charge in [0.1, 0.15) is 17.0 Å². The van der Waals surface area contributed by atoms with Crippen LogP contribution in [0, 0.1) is 0 Å². The van der Waals surface area contributed by atoms with Crippen molar-refractivity contribution in [3.8, 4) is 22.6 Å². The summed E-state index contributed by atoms with van der Waals surface area (Å²) in [5.41, 5.74) is 2.55. The third-order valence-electron chi connectivity index (χ3n) is 4.27. The van der Waals surface area contributed by atoms with Crippen LogP contribution < -0.4 is 14.8 Å². The first-order chi connectivity index (χ1) is 13.6. The van der Waals surface area contributed by atoms with E-state index in [0.29, 0.717) is 33.0 Å². The van der Waals surface area contributed by atoms with Crippen LogP contribution in [0.4, 0.5) is 11.5 Å². The van der Waals surface area contributed by atoms with Crippen LogP contribution >= 0.6 is 34.5 Å². The Hall–Kier alpha value is -2.54. The lowest BCUT2D eigenvalue weighted by molar-refractivity contribution is 0.355. The van der Waals surface area contributed by atoms with Gasteiger partial charge in [-0.15, -0.1) is 11.3 Å². The van der Waals surface area contributed by atoms with Crippen molar-refractivity contribution in [3.05, 3.63) is 58.2 Å². The highest BCUT2D eigenvalue weighted by Gasteiger charge is 2.16. The maximum atomic E-state index is 6.32. The number of halogens is 2. The van der Waals surface area contributed by atoms with E-state index in [1.807, 2.05) is 23.6 Å². The van der Waals surface area contributed by atoms with Crippen LogP contribution in [-0.4, -0.2) is 24.2 Å². The number of rotatable bonds is 5. The first kappa shape index (κ1) is 18.8. The average molecular weight is 432 g/mol. The van der Waals surface area contributed by atoms with Gasteiger partial charge in [0.05, 0.1) is 35.3 Å². The van der Waals surface area contributed by atoms with Gasteiger partial charge >= 0.3 is 0 Å². The number of ether oxygens (including phenoxy) is 2. The molecule has 142 valence electrons. The molecule has 4 rings (SSSR count). The summed E-state index contributed by atoms with van der Waals surface area (Å²) in [6.45, 7) is 0. The van der Waals surface area contributed by atoms with Gasteiger partial charge in [0.2, 0.25) is 0 Å². The molecule has 0 amide bonds. The number of benzene rings is 2. The van der Waals surface area contributed by atoms with Gasteiger partial charge in [-0.25, -0.2) is 9.97 Å². The normalized spacial score (nSPS) is 10.9. The summed E-state index contributed by atoms with van der Waals surface area (Å²) >= 11 is 14.2. The fourth-order valence-corrected chi connectivity index (χ4v) is 4.33. The molecule has 0 saturated heterocycles. The van der Waals surface area contributed by atoms with E-state index in [2.05, 4.69) is 15.3 Å². The number of thiophene rings is 1. The molecule has 1 N–H and O–H groups in total. The molecule has 2 aromatic carbocycles. The molecule has 4 aromatic rings. The van der Waals surface area contributed by atoms with Gasteiger partial charge in [0.15, 0.2) is 11.5 Å². The van der Waals surface area contributed by atoms with Crippen molar-refractivity contribution in [2.75, 3.05) is 19.5 Å². The van der Waals surface area contributed by atoms with Crippen LogP contribution in [0.2, 0.25) is 10.0 Å². The third-order valence-corrected chi connectivity index (χ3v) is 5.79. The fourth-order valence-electron chi connectivity index (χ4n) is 2.92. The zero-order chi connectivity index (χ0) is 19.7. The number of anilines is 2. The van der Waals surface area contributed by atoms with Crippen LogP contribution in [0.25, 0.3) is 21.3 Å². The Balaban J connectivity index is 1.86. The van der Waals surface area contributed by atoms with Crippen LogP contribution in [0.1, 0.15) is 0 Å². The Bertz CT molecular complexity index is 1140. The van der Waals surface area contributed by atoms with E-state index in [9.17, 15) is 0 Å². The van der Waals surface area contributed by atoms with E-state index >= 15 is 0 Å². The summed E-state index contributed by atoms with van der Waals surface area (Å²) in [5, 5.41) is 7.22. The number of nitrogens with one attached hydrogen (secondary N) is 1. The molecule has 8 heteroatoms. The molecular formula is C20H15Cl2N3O2S. The van der Waals surface area contributed by atoms with Crippen molar-refractivity contribution in [3.63, 3.8) is 0 Å². The van der Waals surface area contributed by atoms with Gasteiger partial charge in [-0.1, -0.05) is 35.3 Å². The van der Waals surface area contributed by atoms with Gasteiger partial charge in [-0.05, 0) is 29.8 Å². The minimum absolute atomic E-state index is 0.516. The quantitative estimate of drug-likeness (QED) is 0.394. The maximum Gasteiger partial charge on any atom is 0.161 e. The minimum Gasteiger partial charge on any atom is -0.493 e. The average Bonchev–Trinajstić information content (AvgIpc) is 3.15. The second kappa shape index (κ2) is 7.83. The van der Waals surface area contributed by atoms with E-state index in [-0.39, 0.29) is 0 Å². The molecule has 2 heterocycles. The van der Waals surface area contributed by atoms with E-state index in [4.69, 9.17) is 32.7 Å². The summed E-state index contributed by atoms with van der Waals surface area (Å²) < 4.78 is 10.8. The molecule has 0 unspecified atom stereocenters. The third kappa shape index (κ3) is 3.35. The van der Waals surface area contributed by atoms with E-state index in [1.165, 1.54) is 17.7 Å². The van der Waals surface area contributed by atoms with Crippen LogP contribution in [-0.2, 0) is 0 Å². The number of fused-ring (bicyclic) bond motifs is 1. The number of aromatic nitrogens is 2. The molecule has 2 aromatic heterocycles. The smallest absolute Gasteiger partial charge is 0.161 e. The standard InChI is InChI=1S/C20H15Cl2N3O2S/c1-26-15-7-6-11(8-16(15)27-2)12-9-28-20-17(12)19(23-10-24-20)25-18-13(21)4-3-5-14(18)22/h3-10H,1-2H3,(H,23,24,25). The molecule has 5 nitrogen and oxygen atoms in total. The molecule has 0 radical (unpaired) electrons. The Labute approximate surface area is 175 Å². The highest BCUT2D eigenvalue weighted by Crippen LogP contribution is 2.41. The summed E-state index contributed by atoms with van der Waals surface area (Å²) in [6, 6.07) is 11.1. The van der Waals surface area contributed by atoms with Crippen molar-refractivity contribution >= 4 is 56.3 Å². The number of methoxy groups -OCH3 is 2. The number of hydrogen-bond acceptors (Lipinski definition) is 6. The molecule has 0 aliphatic rings. The highest BCUT2D eigenvalue weighted by atomic mass is 35.5. The fraction of sp³-hybridized carbons (Fsp3) is 0.100. The second-order valence-electron chi connectivity index (χ2n) is 5.84. The molecule has 0 bridgehead atoms. The van der Waals surface area contributed by atoms with Crippen LogP contribution in [0.15, 0.2) is 48.1 Å². The predicted octanol–water partition coefficient (Wildman–Crippen LogP) is 6.43. The van der Waals surface area contributed by atoms with E-state index in [0.717, 1.165) is 21.3 Å². The number of nitrogens with zero attached hydrogens (tertiary/aromatic N) is 2. The first-order valence-electron chi connectivity index (χ1n) is 8.28. The lowest BCUT2D eigenvalue weighted by atomic mass is 10.1. The van der Waals surface area contributed by atoms with Crippen molar-refractivity contribution in [2.45, 2.75) is 0 Å². The highest BCUT2D eigenvalue weighted by molar-refractivity contribution is 7.17. The molecule has 0 atom stereocenters. The van der Waals surface area contributed by atoms with Crippen LogP contribution in [0.5, 0.6) is 11.5 Å². The van der Waals surface area contributed by atoms with Gasteiger partial charge in [-0.3, -0.25) is 0 Å². The summed E-state index contributed by atoms with van der Waals surface area (Å²) in [6.07, 6.45) is 1.52. The predicted molar refractivity (Wildman–Crippen MR) is 116 cm³/mol. The number of para-hydroxylation sites is 1.